The molecule has 2 unspecified atom stereocenters. The number of benzene rings is 4. The van der Waals surface area contributed by atoms with Gasteiger partial charge in [-0.15, -0.1) is 0 Å². The molecule has 0 spiro atoms. The van der Waals surface area contributed by atoms with Gasteiger partial charge in [0.25, 0.3) is 0 Å². The number of hydrogen-bond acceptors (Lipinski definition) is 4. The molecule has 6 rings (SSSR count). The van der Waals surface area contributed by atoms with E-state index in [0.717, 1.165) is 45.9 Å². The molecular formula is C35H34N2O2. The third kappa shape index (κ3) is 5.33. The number of hydrogen-bond donors (Lipinski definition) is 2. The molecule has 4 heteroatoms. The van der Waals surface area contributed by atoms with Gasteiger partial charge in [-0.05, 0) is 64.8 Å². The summed E-state index contributed by atoms with van der Waals surface area (Å²) in [4.78, 5) is 13.9. The number of ether oxygens (including phenoxy) is 1. The number of carbonyl (C=O) groups excluding carboxylic acids is 1. The lowest BCUT2D eigenvalue weighted by Gasteiger charge is -2.30. The lowest BCUT2D eigenvalue weighted by molar-refractivity contribution is -0.116. The molecule has 4 nitrogen and oxygen atoms in total. The molecule has 2 aliphatic rings. The van der Waals surface area contributed by atoms with E-state index in [1.165, 1.54) is 11.1 Å². The molecule has 0 fully saturated rings. The van der Waals surface area contributed by atoms with Crippen molar-refractivity contribution >= 4 is 17.2 Å². The predicted octanol–water partition coefficient (Wildman–Crippen LogP) is 8.37. The average molecular weight is 515 g/mol. The van der Waals surface area contributed by atoms with E-state index in [2.05, 4.69) is 97.3 Å². The van der Waals surface area contributed by atoms with Crippen LogP contribution in [0.25, 0.3) is 11.1 Å². The fourth-order valence-corrected chi connectivity index (χ4v) is 5.58. The average Bonchev–Trinajstić information content (AvgIpc) is 3.14. The quantitative estimate of drug-likeness (QED) is 0.271. The van der Waals surface area contributed by atoms with Gasteiger partial charge in [0.2, 0.25) is 0 Å². The van der Waals surface area contributed by atoms with Crippen molar-refractivity contribution in [3.63, 3.8) is 0 Å². The summed E-state index contributed by atoms with van der Waals surface area (Å²) >= 11 is 0. The standard InChI is InChI=1S/C35H34N2O2/c1-23(2)22-39-29-18-16-26(17-19-29)28-20-32-34(33(38)21-28)35(37-31-11-7-6-10-30(31)36-32)27-14-12-25(13-15-27)24-8-4-3-5-9-24/h3-19,23,28,35-37H,20-22H2,1-2H3. The Morgan fingerprint density at radius 2 is 1.38 bits per heavy atom. The molecule has 4 aromatic carbocycles. The molecule has 0 amide bonds. The highest BCUT2D eigenvalue weighted by Gasteiger charge is 2.36. The number of allylic oxidation sites excluding steroid dienone is 1. The summed E-state index contributed by atoms with van der Waals surface area (Å²) < 4.78 is 5.88. The summed E-state index contributed by atoms with van der Waals surface area (Å²) in [7, 11) is 0. The summed E-state index contributed by atoms with van der Waals surface area (Å²) in [6, 6.07) is 35.2. The van der Waals surface area contributed by atoms with E-state index in [1.54, 1.807) is 0 Å². The molecule has 0 bridgehead atoms. The molecule has 1 aliphatic heterocycles. The van der Waals surface area contributed by atoms with Crippen molar-refractivity contribution in [3.05, 3.63) is 126 Å². The van der Waals surface area contributed by atoms with E-state index in [1.807, 2.05) is 30.3 Å². The molecule has 0 aromatic heterocycles. The Hall–Kier alpha value is -4.31. The topological polar surface area (TPSA) is 50.4 Å². The minimum Gasteiger partial charge on any atom is -0.493 e. The van der Waals surface area contributed by atoms with Gasteiger partial charge in [-0.3, -0.25) is 4.79 Å². The zero-order valence-electron chi connectivity index (χ0n) is 22.5. The molecule has 0 radical (unpaired) electrons. The van der Waals surface area contributed by atoms with Crippen LogP contribution in [-0.2, 0) is 4.79 Å². The summed E-state index contributed by atoms with van der Waals surface area (Å²) in [6.07, 6.45) is 1.27. The van der Waals surface area contributed by atoms with E-state index in [0.29, 0.717) is 18.9 Å². The fraction of sp³-hybridized carbons (Fsp3) is 0.229. The second kappa shape index (κ2) is 10.8. The molecule has 39 heavy (non-hydrogen) atoms. The molecule has 0 saturated carbocycles. The van der Waals surface area contributed by atoms with E-state index < -0.39 is 0 Å². The number of fused-ring (bicyclic) bond motifs is 1. The van der Waals surface area contributed by atoms with Crippen LogP contribution in [0.3, 0.4) is 0 Å². The maximum Gasteiger partial charge on any atom is 0.163 e. The number of nitrogens with one attached hydrogen (secondary N) is 2. The lowest BCUT2D eigenvalue weighted by Crippen LogP contribution is -2.26. The highest BCUT2D eigenvalue weighted by atomic mass is 16.5. The zero-order valence-corrected chi connectivity index (χ0v) is 22.5. The fourth-order valence-electron chi connectivity index (χ4n) is 5.58. The minimum absolute atomic E-state index is 0.120. The summed E-state index contributed by atoms with van der Waals surface area (Å²) in [5.74, 6) is 1.66. The first-order chi connectivity index (χ1) is 19.0. The van der Waals surface area contributed by atoms with Gasteiger partial charge in [-0.2, -0.15) is 0 Å². The normalized spacial score (nSPS) is 18.5. The second-order valence-corrected chi connectivity index (χ2v) is 10.9. The number of rotatable bonds is 6. The van der Waals surface area contributed by atoms with Crippen molar-refractivity contribution in [2.24, 2.45) is 5.92 Å². The Bertz CT molecular complexity index is 1490. The van der Waals surface area contributed by atoms with Gasteiger partial charge in [0.1, 0.15) is 5.75 Å². The maximum atomic E-state index is 13.9. The largest absolute Gasteiger partial charge is 0.493 e. The number of anilines is 2. The van der Waals surface area contributed by atoms with E-state index in [4.69, 9.17) is 4.74 Å². The maximum absolute atomic E-state index is 13.9. The highest BCUT2D eigenvalue weighted by Crippen LogP contribution is 2.44. The van der Waals surface area contributed by atoms with E-state index in [-0.39, 0.29) is 17.7 Å². The smallest absolute Gasteiger partial charge is 0.163 e. The second-order valence-electron chi connectivity index (χ2n) is 10.9. The van der Waals surface area contributed by atoms with E-state index >= 15 is 0 Å². The SMILES string of the molecule is CC(C)COc1ccc(C2CC(=O)C3=C(C2)Nc2ccccc2NC3c2ccc(-c3ccccc3)cc2)cc1. The molecule has 0 saturated heterocycles. The van der Waals surface area contributed by atoms with Gasteiger partial charge >= 0.3 is 0 Å². The number of Topliss-reactive ketones (excluding diaryl/α,β-unsaturated/α-hetero) is 1. The molecule has 2 N–H and O–H groups in total. The van der Waals surface area contributed by atoms with Gasteiger partial charge in [-0.25, -0.2) is 0 Å². The molecular weight excluding hydrogens is 480 g/mol. The monoisotopic (exact) mass is 514 g/mol. The van der Waals surface area contributed by atoms with Crippen LogP contribution in [0.1, 0.15) is 49.8 Å². The Balaban J connectivity index is 1.32. The highest BCUT2D eigenvalue weighted by molar-refractivity contribution is 6.01. The Morgan fingerprint density at radius 1 is 0.744 bits per heavy atom. The first kappa shape index (κ1) is 25.0. The number of para-hydroxylation sites is 2. The van der Waals surface area contributed by atoms with Crippen molar-refractivity contribution in [2.75, 3.05) is 17.2 Å². The van der Waals surface area contributed by atoms with Crippen molar-refractivity contribution in [2.45, 2.75) is 38.6 Å². The molecule has 4 aromatic rings. The van der Waals surface area contributed by atoms with Crippen molar-refractivity contribution in [1.82, 2.24) is 0 Å². The van der Waals surface area contributed by atoms with Gasteiger partial charge in [0, 0.05) is 17.7 Å². The van der Waals surface area contributed by atoms with Crippen LogP contribution in [0.15, 0.2) is 114 Å². The third-order valence-electron chi connectivity index (χ3n) is 7.59. The summed E-state index contributed by atoms with van der Waals surface area (Å²) in [6.45, 7) is 4.98. The Labute approximate surface area is 230 Å². The molecule has 196 valence electrons. The molecule has 2 atom stereocenters. The molecule has 1 aliphatic carbocycles. The van der Waals surface area contributed by atoms with Crippen LogP contribution in [0.4, 0.5) is 11.4 Å². The third-order valence-corrected chi connectivity index (χ3v) is 7.59. The molecule has 1 heterocycles. The first-order valence-electron chi connectivity index (χ1n) is 13.8. The van der Waals surface area contributed by atoms with Gasteiger partial charge < -0.3 is 15.4 Å². The Morgan fingerprint density at radius 3 is 2.10 bits per heavy atom. The van der Waals surface area contributed by atoms with Crippen LogP contribution in [0.2, 0.25) is 0 Å². The predicted molar refractivity (Wildman–Crippen MR) is 159 cm³/mol. The Kier molecular flexibility index (Phi) is 6.93. The zero-order chi connectivity index (χ0) is 26.8. The van der Waals surface area contributed by atoms with Crippen LogP contribution in [0, 0.1) is 5.92 Å². The number of ketones is 1. The summed E-state index contributed by atoms with van der Waals surface area (Å²) in [5.41, 5.74) is 8.44. The number of carbonyl (C=O) groups is 1. The van der Waals surface area contributed by atoms with Crippen LogP contribution in [-0.4, -0.2) is 12.4 Å². The van der Waals surface area contributed by atoms with E-state index in [9.17, 15) is 4.79 Å². The van der Waals surface area contributed by atoms with Crippen LogP contribution in [0.5, 0.6) is 5.75 Å². The lowest BCUT2D eigenvalue weighted by atomic mass is 9.78. The van der Waals surface area contributed by atoms with Gasteiger partial charge in [0.05, 0.1) is 24.0 Å². The van der Waals surface area contributed by atoms with Crippen molar-refractivity contribution < 1.29 is 9.53 Å². The van der Waals surface area contributed by atoms with Crippen LogP contribution >= 0.6 is 0 Å². The summed E-state index contributed by atoms with van der Waals surface area (Å²) in [5, 5.41) is 7.34. The van der Waals surface area contributed by atoms with Crippen molar-refractivity contribution in [3.8, 4) is 16.9 Å². The first-order valence-corrected chi connectivity index (χ1v) is 13.8. The van der Waals surface area contributed by atoms with Gasteiger partial charge in [-0.1, -0.05) is 92.7 Å². The van der Waals surface area contributed by atoms with Crippen molar-refractivity contribution in [1.29, 1.82) is 0 Å². The van der Waals surface area contributed by atoms with Gasteiger partial charge in [0.15, 0.2) is 5.78 Å². The van der Waals surface area contributed by atoms with Crippen LogP contribution < -0.4 is 15.4 Å². The minimum atomic E-state index is -0.221.